The van der Waals surface area contributed by atoms with Crippen LogP contribution in [-0.2, 0) is 16.0 Å². The number of benzene rings is 2. The lowest BCUT2D eigenvalue weighted by molar-refractivity contribution is -0.141. The maximum absolute atomic E-state index is 12.3. The number of carbonyl (C=O) groups excluding carboxylic acids is 1. The van der Waals surface area contributed by atoms with Crippen LogP contribution in [0.15, 0.2) is 47.6 Å². The van der Waals surface area contributed by atoms with E-state index in [4.69, 9.17) is 14.2 Å². The number of amides is 1. The number of hydrazone groups is 1. The molecule has 3 rings (SSSR count). The lowest BCUT2D eigenvalue weighted by Crippen LogP contribution is -2.51. The van der Waals surface area contributed by atoms with Gasteiger partial charge in [0.25, 0.3) is 0 Å². The summed E-state index contributed by atoms with van der Waals surface area (Å²) in [6, 6.07) is 11.9. The van der Waals surface area contributed by atoms with E-state index in [9.17, 15) is 14.7 Å². The molecule has 0 fully saturated rings. The number of aliphatic carboxylic acids is 1. The van der Waals surface area contributed by atoms with Crippen LogP contribution in [0, 0.1) is 0 Å². The van der Waals surface area contributed by atoms with Crippen LogP contribution >= 0.6 is 0 Å². The van der Waals surface area contributed by atoms with Gasteiger partial charge < -0.3 is 19.3 Å². The third kappa shape index (κ3) is 5.00. The fourth-order valence-corrected chi connectivity index (χ4v) is 3.65. The van der Waals surface area contributed by atoms with Gasteiger partial charge in [-0.2, -0.15) is 5.10 Å². The Hall–Kier alpha value is -3.59. The molecule has 0 aromatic heterocycles. The molecule has 2 atom stereocenters. The van der Waals surface area contributed by atoms with Crippen LogP contribution in [-0.4, -0.2) is 61.2 Å². The number of rotatable bonds is 9. The topological polar surface area (TPSA) is 110 Å². The van der Waals surface area contributed by atoms with Gasteiger partial charge in [0.1, 0.15) is 12.2 Å². The van der Waals surface area contributed by atoms with Gasteiger partial charge in [-0.25, -0.2) is 5.01 Å². The van der Waals surface area contributed by atoms with Gasteiger partial charge in [0.15, 0.2) is 11.5 Å². The summed E-state index contributed by atoms with van der Waals surface area (Å²) in [6.07, 6.45) is -0.0132. The minimum atomic E-state index is -1.00. The minimum Gasteiger partial charge on any atom is -0.493 e. The average molecular weight is 441 g/mol. The molecule has 0 aliphatic carbocycles. The van der Waals surface area contributed by atoms with Crippen molar-refractivity contribution in [3.63, 3.8) is 0 Å². The maximum atomic E-state index is 12.3. The lowest BCUT2D eigenvalue weighted by Gasteiger charge is -2.25. The second kappa shape index (κ2) is 10.1. The van der Waals surface area contributed by atoms with Gasteiger partial charge in [0, 0.05) is 18.9 Å². The Morgan fingerprint density at radius 3 is 2.25 bits per heavy atom. The molecule has 1 amide bonds. The van der Waals surface area contributed by atoms with E-state index in [0.29, 0.717) is 34.9 Å². The molecule has 1 aliphatic heterocycles. The first kappa shape index (κ1) is 23.1. The van der Waals surface area contributed by atoms with Crippen LogP contribution in [0.1, 0.15) is 24.5 Å². The molecule has 0 unspecified atom stereocenters. The molecule has 32 heavy (non-hydrogen) atoms. The van der Waals surface area contributed by atoms with Crippen LogP contribution in [0.2, 0.25) is 0 Å². The van der Waals surface area contributed by atoms with Crippen molar-refractivity contribution in [1.82, 2.24) is 10.3 Å². The van der Waals surface area contributed by atoms with E-state index >= 15 is 0 Å². The number of methoxy groups -OCH3 is 3. The summed E-state index contributed by atoms with van der Waals surface area (Å²) >= 11 is 0. The highest BCUT2D eigenvalue weighted by Gasteiger charge is 2.34. The molecule has 9 heteroatoms. The smallest absolute Gasteiger partial charge is 0.321 e. The molecule has 0 saturated heterocycles. The first-order valence-electron chi connectivity index (χ1n) is 10.1. The minimum absolute atomic E-state index is 0.276. The third-order valence-corrected chi connectivity index (χ3v) is 5.21. The van der Waals surface area contributed by atoms with Crippen LogP contribution < -0.4 is 19.5 Å². The molecule has 1 aliphatic rings. The predicted molar refractivity (Wildman–Crippen MR) is 118 cm³/mol. The van der Waals surface area contributed by atoms with Crippen LogP contribution in [0.5, 0.6) is 17.2 Å². The quantitative estimate of drug-likeness (QED) is 0.614. The molecule has 1 heterocycles. The zero-order chi connectivity index (χ0) is 23.3. The van der Waals surface area contributed by atoms with Crippen molar-refractivity contribution in [2.75, 3.05) is 21.3 Å². The fourth-order valence-electron chi connectivity index (χ4n) is 3.65. The van der Waals surface area contributed by atoms with Crippen molar-refractivity contribution >= 4 is 17.6 Å². The zero-order valence-electron chi connectivity index (χ0n) is 18.5. The Morgan fingerprint density at radius 1 is 1.12 bits per heavy atom. The number of nitrogens with one attached hydrogen (secondary N) is 1. The Kier molecular flexibility index (Phi) is 7.32. The summed E-state index contributed by atoms with van der Waals surface area (Å²) in [4.78, 5) is 24.2. The number of hydrogen-bond donors (Lipinski definition) is 2. The van der Waals surface area contributed by atoms with Crippen molar-refractivity contribution in [2.24, 2.45) is 5.10 Å². The predicted octanol–water partition coefficient (Wildman–Crippen LogP) is 2.28. The largest absolute Gasteiger partial charge is 0.493 e. The summed E-state index contributed by atoms with van der Waals surface area (Å²) < 4.78 is 16.2. The molecular formula is C23H27N3O6. The highest BCUT2D eigenvalue weighted by atomic mass is 16.5. The highest BCUT2D eigenvalue weighted by Crippen LogP contribution is 2.39. The van der Waals surface area contributed by atoms with Gasteiger partial charge in [0.05, 0.1) is 27.0 Å². The van der Waals surface area contributed by atoms with E-state index in [2.05, 4.69) is 10.4 Å². The molecular weight excluding hydrogens is 414 g/mol. The SMILES string of the molecule is COc1cc(C2=NN(C(C)=O)[C@H](N[C@@H](Cc3ccccc3)C(=O)O)C2)cc(OC)c1OC. The number of ether oxygens (including phenoxy) is 3. The summed E-state index contributed by atoms with van der Waals surface area (Å²) in [5, 5.41) is 18.6. The van der Waals surface area contributed by atoms with Crippen molar-refractivity contribution in [3.8, 4) is 17.2 Å². The van der Waals surface area contributed by atoms with E-state index in [1.807, 2.05) is 30.3 Å². The molecule has 170 valence electrons. The van der Waals surface area contributed by atoms with Gasteiger partial charge in [-0.1, -0.05) is 30.3 Å². The molecule has 0 radical (unpaired) electrons. The van der Waals surface area contributed by atoms with Crippen LogP contribution in [0.4, 0.5) is 0 Å². The average Bonchev–Trinajstić information content (AvgIpc) is 3.22. The number of carbonyl (C=O) groups is 2. The molecule has 0 spiro atoms. The summed E-state index contributed by atoms with van der Waals surface area (Å²) in [6.45, 7) is 1.39. The van der Waals surface area contributed by atoms with Gasteiger partial charge >= 0.3 is 5.97 Å². The third-order valence-electron chi connectivity index (χ3n) is 5.21. The van der Waals surface area contributed by atoms with Gasteiger partial charge in [-0.3, -0.25) is 14.9 Å². The van der Waals surface area contributed by atoms with Crippen molar-refractivity contribution in [3.05, 3.63) is 53.6 Å². The summed E-state index contributed by atoms with van der Waals surface area (Å²) in [7, 11) is 4.55. The Labute approximate surface area is 186 Å². The van der Waals surface area contributed by atoms with Crippen molar-refractivity contribution in [1.29, 1.82) is 0 Å². The number of carboxylic acids is 1. The lowest BCUT2D eigenvalue weighted by atomic mass is 10.0. The molecule has 9 nitrogen and oxygen atoms in total. The Bertz CT molecular complexity index is 983. The molecule has 2 N–H and O–H groups in total. The monoisotopic (exact) mass is 441 g/mol. The first-order chi connectivity index (χ1) is 15.4. The Balaban J connectivity index is 1.87. The second-order valence-electron chi connectivity index (χ2n) is 7.29. The zero-order valence-corrected chi connectivity index (χ0v) is 18.5. The summed E-state index contributed by atoms with van der Waals surface area (Å²) in [5.41, 5.74) is 2.16. The van der Waals surface area contributed by atoms with Crippen LogP contribution in [0.25, 0.3) is 0 Å². The number of carboxylic acid groups (broad SMARTS) is 1. The Morgan fingerprint density at radius 2 is 1.75 bits per heavy atom. The van der Waals surface area contributed by atoms with E-state index < -0.39 is 18.2 Å². The second-order valence-corrected chi connectivity index (χ2v) is 7.29. The van der Waals surface area contributed by atoms with E-state index in [0.717, 1.165) is 5.56 Å². The van der Waals surface area contributed by atoms with Gasteiger partial charge in [0.2, 0.25) is 11.7 Å². The summed E-state index contributed by atoms with van der Waals surface area (Å²) in [5.74, 6) is 0.0716. The van der Waals surface area contributed by atoms with Gasteiger partial charge in [-0.15, -0.1) is 0 Å². The molecule has 2 aromatic carbocycles. The normalized spacial score (nSPS) is 16.3. The van der Waals surface area contributed by atoms with E-state index in [1.54, 1.807) is 12.1 Å². The molecule has 0 saturated carbocycles. The van der Waals surface area contributed by atoms with Crippen LogP contribution in [0.3, 0.4) is 0 Å². The van der Waals surface area contributed by atoms with E-state index in [1.165, 1.54) is 33.3 Å². The molecule has 0 bridgehead atoms. The van der Waals surface area contributed by atoms with Crippen molar-refractivity contribution < 1.29 is 28.9 Å². The van der Waals surface area contributed by atoms with E-state index in [-0.39, 0.29) is 12.3 Å². The first-order valence-corrected chi connectivity index (χ1v) is 10.1. The van der Waals surface area contributed by atoms with Gasteiger partial charge in [-0.05, 0) is 24.1 Å². The number of nitrogens with zero attached hydrogens (tertiary/aromatic N) is 2. The fraction of sp³-hybridized carbons (Fsp3) is 0.348. The molecule has 2 aromatic rings. The number of hydrogen-bond acceptors (Lipinski definition) is 7. The standard InChI is InChI=1S/C23H27N3O6/c1-14(27)26-21(24-18(23(28)29)10-15-8-6-5-7-9-15)13-17(25-26)16-11-19(30-2)22(32-4)20(12-16)31-3/h5-9,11-12,18,21,24H,10,13H2,1-4H3,(H,28,29)/t18-,21-/m0/s1. The maximum Gasteiger partial charge on any atom is 0.321 e. The highest BCUT2D eigenvalue weighted by molar-refractivity contribution is 6.04. The van der Waals surface area contributed by atoms with Crippen molar-refractivity contribution in [2.45, 2.75) is 32.0 Å².